The predicted octanol–water partition coefficient (Wildman–Crippen LogP) is 5.89. The number of benzene rings is 2. The summed E-state index contributed by atoms with van der Waals surface area (Å²) in [5.41, 5.74) is 3.29. The van der Waals surface area contributed by atoms with E-state index in [9.17, 15) is 14.4 Å². The van der Waals surface area contributed by atoms with E-state index in [1.165, 1.54) is 4.90 Å². The summed E-state index contributed by atoms with van der Waals surface area (Å²) in [6.07, 6.45) is 3.79. The number of anilines is 1. The molecule has 1 aromatic heterocycles. The first-order valence-electron chi connectivity index (χ1n) is 13.9. The van der Waals surface area contributed by atoms with E-state index in [4.69, 9.17) is 9.47 Å². The van der Waals surface area contributed by atoms with Crippen molar-refractivity contribution in [1.29, 1.82) is 0 Å². The molecule has 0 atom stereocenters. The van der Waals surface area contributed by atoms with Crippen LogP contribution in [0.4, 0.5) is 15.3 Å². The van der Waals surface area contributed by atoms with E-state index in [0.717, 1.165) is 46.3 Å². The highest BCUT2D eigenvalue weighted by Gasteiger charge is 2.35. The van der Waals surface area contributed by atoms with Crippen LogP contribution in [0.2, 0.25) is 0 Å². The van der Waals surface area contributed by atoms with E-state index in [1.54, 1.807) is 16.9 Å². The Bertz CT molecular complexity index is 1410. The molecule has 3 aromatic rings. The maximum Gasteiger partial charge on any atom is 0.410 e. The SMILES string of the molecule is COc1ccc(CN2C(=O)CCN(c3cccc4c3c(C)cn4C3CCN(C(=O)OC(C)(C)C)CC3)C2=O)cc1. The minimum absolute atomic E-state index is 0.171. The molecule has 5 rings (SSSR count). The third-order valence-corrected chi connectivity index (χ3v) is 7.64. The zero-order chi connectivity index (χ0) is 28.6. The molecule has 2 aliphatic rings. The number of carbonyl (C=O) groups excluding carboxylic acids is 3. The van der Waals surface area contributed by atoms with Crippen LogP contribution in [-0.2, 0) is 16.1 Å². The minimum atomic E-state index is -0.515. The summed E-state index contributed by atoms with van der Waals surface area (Å²) >= 11 is 0. The molecule has 0 bridgehead atoms. The number of hydrogen-bond acceptors (Lipinski definition) is 5. The average molecular weight is 547 g/mol. The van der Waals surface area contributed by atoms with Crippen LogP contribution in [0.3, 0.4) is 0 Å². The first kappa shape index (κ1) is 27.6. The number of imide groups is 1. The van der Waals surface area contributed by atoms with Gasteiger partial charge in [0.05, 0.1) is 24.9 Å². The molecule has 0 radical (unpaired) electrons. The third kappa shape index (κ3) is 5.50. The lowest BCUT2D eigenvalue weighted by Gasteiger charge is -2.35. The van der Waals surface area contributed by atoms with Gasteiger partial charge >= 0.3 is 12.1 Å². The van der Waals surface area contributed by atoms with Crippen molar-refractivity contribution < 1.29 is 23.9 Å². The maximum absolute atomic E-state index is 13.7. The lowest BCUT2D eigenvalue weighted by molar-refractivity contribution is -0.129. The van der Waals surface area contributed by atoms with Crippen molar-refractivity contribution in [2.45, 2.75) is 65.1 Å². The fraction of sp³-hybridized carbons (Fsp3) is 0.452. The fourth-order valence-corrected chi connectivity index (χ4v) is 5.65. The summed E-state index contributed by atoms with van der Waals surface area (Å²) in [6.45, 7) is 9.52. The molecular weight excluding hydrogens is 508 g/mol. The van der Waals surface area contributed by atoms with Crippen molar-refractivity contribution in [3.8, 4) is 5.75 Å². The molecule has 0 N–H and O–H groups in total. The Morgan fingerprint density at radius 2 is 1.70 bits per heavy atom. The minimum Gasteiger partial charge on any atom is -0.497 e. The largest absolute Gasteiger partial charge is 0.497 e. The van der Waals surface area contributed by atoms with Gasteiger partial charge in [0.15, 0.2) is 0 Å². The summed E-state index contributed by atoms with van der Waals surface area (Å²) < 4.78 is 13.1. The highest BCUT2D eigenvalue weighted by atomic mass is 16.6. The Hall–Kier alpha value is -4.01. The summed E-state index contributed by atoms with van der Waals surface area (Å²) in [7, 11) is 1.60. The molecule has 0 spiro atoms. The second-order valence-corrected chi connectivity index (χ2v) is 11.6. The van der Waals surface area contributed by atoms with Gasteiger partial charge in [-0.2, -0.15) is 0 Å². The number of nitrogens with zero attached hydrogens (tertiary/aromatic N) is 4. The number of likely N-dealkylation sites (tertiary alicyclic amines) is 1. The van der Waals surface area contributed by atoms with E-state index in [-0.39, 0.29) is 37.0 Å². The molecule has 0 saturated carbocycles. The number of fused-ring (bicyclic) bond motifs is 1. The molecule has 4 amide bonds. The molecule has 0 unspecified atom stereocenters. The molecule has 40 heavy (non-hydrogen) atoms. The molecule has 2 aromatic carbocycles. The zero-order valence-corrected chi connectivity index (χ0v) is 24.0. The Morgan fingerprint density at radius 1 is 1.00 bits per heavy atom. The molecule has 9 nitrogen and oxygen atoms in total. The van der Waals surface area contributed by atoms with Gasteiger partial charge in [-0.05, 0) is 75.9 Å². The summed E-state index contributed by atoms with van der Waals surface area (Å²) in [6, 6.07) is 13.3. The first-order valence-corrected chi connectivity index (χ1v) is 13.9. The quantitative estimate of drug-likeness (QED) is 0.399. The highest BCUT2D eigenvalue weighted by molar-refractivity contribution is 6.10. The molecule has 2 fully saturated rings. The molecular formula is C31H38N4O5. The average Bonchev–Trinajstić information content (AvgIpc) is 3.27. The Balaban J connectivity index is 1.36. The van der Waals surface area contributed by atoms with Crippen LogP contribution < -0.4 is 9.64 Å². The predicted molar refractivity (Wildman–Crippen MR) is 154 cm³/mol. The third-order valence-electron chi connectivity index (χ3n) is 7.64. The zero-order valence-electron chi connectivity index (χ0n) is 24.0. The lowest BCUT2D eigenvalue weighted by atomic mass is 10.0. The van der Waals surface area contributed by atoms with Gasteiger partial charge in [-0.1, -0.05) is 18.2 Å². The van der Waals surface area contributed by atoms with Crippen molar-refractivity contribution in [1.82, 2.24) is 14.4 Å². The van der Waals surface area contributed by atoms with Crippen LogP contribution in [0.5, 0.6) is 5.75 Å². The monoisotopic (exact) mass is 546 g/mol. The first-order chi connectivity index (χ1) is 19.1. The van der Waals surface area contributed by atoms with Crippen LogP contribution in [0, 0.1) is 6.92 Å². The van der Waals surface area contributed by atoms with Gasteiger partial charge in [0.2, 0.25) is 5.91 Å². The van der Waals surface area contributed by atoms with E-state index in [2.05, 4.69) is 23.8 Å². The van der Waals surface area contributed by atoms with Gasteiger partial charge in [0, 0.05) is 43.7 Å². The number of aryl methyl sites for hydroxylation is 1. The summed E-state index contributed by atoms with van der Waals surface area (Å²) in [4.78, 5) is 43.9. The molecule has 0 aliphatic carbocycles. The number of ether oxygens (including phenoxy) is 2. The highest BCUT2D eigenvalue weighted by Crippen LogP contribution is 2.37. The summed E-state index contributed by atoms with van der Waals surface area (Å²) in [5.74, 6) is 0.555. The number of carbonyl (C=O) groups is 3. The fourth-order valence-electron chi connectivity index (χ4n) is 5.65. The van der Waals surface area contributed by atoms with E-state index >= 15 is 0 Å². The van der Waals surface area contributed by atoms with Gasteiger partial charge in [0.1, 0.15) is 11.4 Å². The van der Waals surface area contributed by atoms with E-state index in [0.29, 0.717) is 19.6 Å². The van der Waals surface area contributed by atoms with Crippen LogP contribution in [0.1, 0.15) is 57.2 Å². The number of rotatable bonds is 5. The van der Waals surface area contributed by atoms with Crippen molar-refractivity contribution in [3.05, 3.63) is 59.8 Å². The molecule has 212 valence electrons. The topological polar surface area (TPSA) is 84.3 Å². The smallest absolute Gasteiger partial charge is 0.410 e. The van der Waals surface area contributed by atoms with Crippen molar-refractivity contribution in [2.75, 3.05) is 31.6 Å². The lowest BCUT2D eigenvalue weighted by Crippen LogP contribution is -2.52. The standard InChI is InChI=1S/C31H38N4O5/c1-21-19-34(23-13-16-32(17-14-23)30(38)40-31(2,3)4)26-8-6-7-25(28(21)26)33-18-15-27(36)35(29(33)37)20-22-9-11-24(39-5)12-10-22/h6-12,19,23H,13-18,20H2,1-5H3. The number of aromatic nitrogens is 1. The Kier molecular flexibility index (Phi) is 7.49. The van der Waals surface area contributed by atoms with Crippen LogP contribution in [0.25, 0.3) is 10.9 Å². The van der Waals surface area contributed by atoms with E-state index < -0.39 is 5.60 Å². The number of hydrogen-bond donors (Lipinski definition) is 0. The second kappa shape index (κ2) is 10.9. The number of piperidine rings is 1. The van der Waals surface area contributed by atoms with Crippen LogP contribution in [-0.4, -0.2) is 64.7 Å². The molecule has 2 aliphatic heterocycles. The number of amides is 4. The second-order valence-electron chi connectivity index (χ2n) is 11.6. The van der Waals surface area contributed by atoms with Gasteiger partial charge in [-0.25, -0.2) is 9.59 Å². The van der Waals surface area contributed by atoms with Gasteiger partial charge < -0.3 is 18.9 Å². The van der Waals surface area contributed by atoms with Crippen LogP contribution in [0.15, 0.2) is 48.7 Å². The molecule has 2 saturated heterocycles. The van der Waals surface area contributed by atoms with Crippen molar-refractivity contribution in [3.63, 3.8) is 0 Å². The molecule has 9 heteroatoms. The van der Waals surface area contributed by atoms with Crippen molar-refractivity contribution >= 4 is 34.6 Å². The normalized spacial score (nSPS) is 17.1. The van der Waals surface area contributed by atoms with Gasteiger partial charge in [0.25, 0.3) is 0 Å². The number of urea groups is 1. The molecule has 3 heterocycles. The Labute approximate surface area is 235 Å². The van der Waals surface area contributed by atoms with Gasteiger partial charge in [-0.3, -0.25) is 14.6 Å². The van der Waals surface area contributed by atoms with Crippen molar-refractivity contribution in [2.24, 2.45) is 0 Å². The Morgan fingerprint density at radius 3 is 2.35 bits per heavy atom. The summed E-state index contributed by atoms with van der Waals surface area (Å²) in [5, 5.41) is 1.02. The number of methoxy groups -OCH3 is 1. The maximum atomic E-state index is 13.7. The van der Waals surface area contributed by atoms with Crippen LogP contribution >= 0.6 is 0 Å². The van der Waals surface area contributed by atoms with E-state index in [1.807, 2.05) is 57.2 Å². The van der Waals surface area contributed by atoms with Gasteiger partial charge in [-0.15, -0.1) is 0 Å².